The Bertz CT molecular complexity index is 2890. The molecule has 9 rings (SSSR count). The Morgan fingerprint density at radius 2 is 1.28 bits per heavy atom. The van der Waals surface area contributed by atoms with Gasteiger partial charge in [0.15, 0.2) is 0 Å². The fourth-order valence-corrected chi connectivity index (χ4v) is 8.11. The Balaban J connectivity index is 0.00000413. The van der Waals surface area contributed by atoms with E-state index in [0.29, 0.717) is 11.5 Å². The molecule has 0 saturated carbocycles. The first-order valence-corrected chi connectivity index (χ1v) is 18.3. The average molecular weight is 886 g/mol. The van der Waals surface area contributed by atoms with Gasteiger partial charge in [0, 0.05) is 40.5 Å². The van der Waals surface area contributed by atoms with Crippen molar-refractivity contribution in [3.63, 3.8) is 0 Å². The van der Waals surface area contributed by atoms with Gasteiger partial charge in [-0.1, -0.05) is 112 Å². The Kier molecular flexibility index (Phi) is 8.58. The van der Waals surface area contributed by atoms with E-state index < -0.39 is 0 Å². The van der Waals surface area contributed by atoms with Crippen LogP contribution < -0.4 is 4.74 Å². The van der Waals surface area contributed by atoms with Gasteiger partial charge >= 0.3 is 21.1 Å². The Morgan fingerprint density at radius 3 is 1.98 bits per heavy atom. The van der Waals surface area contributed by atoms with Gasteiger partial charge in [0.05, 0.1) is 11.3 Å². The van der Waals surface area contributed by atoms with Crippen LogP contribution in [0.15, 0.2) is 109 Å². The van der Waals surface area contributed by atoms with Crippen LogP contribution in [0.4, 0.5) is 0 Å². The zero-order valence-electron chi connectivity index (χ0n) is 31.9. The fourth-order valence-electron chi connectivity index (χ4n) is 8.11. The molecule has 6 heteroatoms. The van der Waals surface area contributed by atoms with E-state index in [0.717, 1.165) is 55.3 Å². The third-order valence-corrected chi connectivity index (χ3v) is 10.6. The first kappa shape index (κ1) is 35.8. The molecule has 5 nitrogen and oxygen atoms in total. The molecule has 4 aromatic heterocycles. The molecule has 0 spiro atoms. The van der Waals surface area contributed by atoms with Crippen molar-refractivity contribution < 1.29 is 25.8 Å². The quantitative estimate of drug-likeness (QED) is 0.131. The van der Waals surface area contributed by atoms with Gasteiger partial charge in [-0.15, -0.1) is 29.7 Å². The fraction of sp³-hybridized carbons (Fsp3) is 0.208. The van der Waals surface area contributed by atoms with Crippen molar-refractivity contribution in [3.05, 3.63) is 144 Å². The summed E-state index contributed by atoms with van der Waals surface area (Å²) in [5, 5.41) is 5.42. The maximum atomic E-state index is 6.63. The summed E-state index contributed by atoms with van der Waals surface area (Å²) in [5.41, 5.74) is 11.3. The van der Waals surface area contributed by atoms with E-state index in [1.54, 1.807) is 0 Å². The minimum atomic E-state index is -0.0545. The van der Waals surface area contributed by atoms with Crippen LogP contribution in [-0.4, -0.2) is 18.9 Å². The molecule has 0 bridgehead atoms. The summed E-state index contributed by atoms with van der Waals surface area (Å²) < 4.78 is 11.1. The number of hydrogen-bond donors (Lipinski definition) is 0. The summed E-state index contributed by atoms with van der Waals surface area (Å²) in [6.45, 7) is 18.2. The number of aryl methyl sites for hydroxylation is 2. The maximum Gasteiger partial charge on any atom is 2.00 e. The van der Waals surface area contributed by atoms with E-state index >= 15 is 0 Å². The van der Waals surface area contributed by atoms with Crippen LogP contribution in [0.3, 0.4) is 0 Å². The van der Waals surface area contributed by atoms with E-state index in [9.17, 15) is 0 Å². The minimum Gasteiger partial charge on any atom is -0.503 e. The molecule has 0 N–H and O–H groups in total. The van der Waals surface area contributed by atoms with Gasteiger partial charge in [-0.25, -0.2) is 4.98 Å². The molecule has 4 heterocycles. The predicted molar refractivity (Wildman–Crippen MR) is 219 cm³/mol. The number of pyridine rings is 2. The predicted octanol–water partition coefficient (Wildman–Crippen LogP) is 12.4. The molecular weight excluding hydrogens is 844 g/mol. The van der Waals surface area contributed by atoms with Gasteiger partial charge in [-0.3, -0.25) is 4.98 Å². The molecule has 0 radical (unpaired) electrons. The molecule has 0 unspecified atom stereocenters. The van der Waals surface area contributed by atoms with E-state index in [1.807, 2.05) is 42.7 Å². The van der Waals surface area contributed by atoms with Crippen molar-refractivity contribution >= 4 is 49.1 Å². The summed E-state index contributed by atoms with van der Waals surface area (Å²) in [5.74, 6) is 2.05. The van der Waals surface area contributed by atoms with Crippen molar-refractivity contribution in [2.24, 2.45) is 0 Å². The SMILES string of the molecule is Cc1cccc(C)c1-c1cnc2c3[c-]c(Oc4[c-]c5c(cc4)c4ccccc4n5-c4ccccn4)ccc3c3cc(C(C)(C)C)c(C(C)(C)C)cc3n12.[Pt+2]. The Morgan fingerprint density at radius 1 is 0.611 bits per heavy atom. The molecule has 0 aliphatic rings. The topological polar surface area (TPSA) is 44.3 Å². The normalized spacial score (nSPS) is 12.3. The van der Waals surface area contributed by atoms with E-state index in [1.165, 1.54) is 33.2 Å². The van der Waals surface area contributed by atoms with E-state index in [4.69, 9.17) is 9.72 Å². The van der Waals surface area contributed by atoms with Gasteiger partial charge in [0.25, 0.3) is 0 Å². The van der Waals surface area contributed by atoms with Gasteiger partial charge in [0.2, 0.25) is 0 Å². The first-order chi connectivity index (χ1) is 25.4. The molecule has 0 saturated heterocycles. The Labute approximate surface area is 330 Å². The number of ether oxygens (including phenoxy) is 1. The van der Waals surface area contributed by atoms with Gasteiger partial charge in [-0.05, 0) is 82.0 Å². The van der Waals surface area contributed by atoms with Crippen LogP contribution >= 0.6 is 0 Å². The number of nitrogens with zero attached hydrogens (tertiary/aromatic N) is 4. The average Bonchev–Trinajstić information content (AvgIpc) is 3.70. The number of benzene rings is 5. The second-order valence-electron chi connectivity index (χ2n) is 16.3. The molecular formula is C48H42N4OPt. The summed E-state index contributed by atoms with van der Waals surface area (Å²) in [6, 6.07) is 41.2. The third kappa shape index (κ3) is 5.72. The maximum absolute atomic E-state index is 6.63. The number of imidazole rings is 1. The van der Waals surface area contributed by atoms with Crippen LogP contribution in [-0.2, 0) is 31.9 Å². The molecule has 270 valence electrons. The van der Waals surface area contributed by atoms with Gasteiger partial charge in [-0.2, -0.15) is 6.07 Å². The zero-order chi connectivity index (χ0) is 36.8. The second kappa shape index (κ2) is 13.0. The van der Waals surface area contributed by atoms with Crippen LogP contribution in [0.2, 0.25) is 0 Å². The van der Waals surface area contributed by atoms with Gasteiger partial charge in [0.1, 0.15) is 5.82 Å². The van der Waals surface area contributed by atoms with E-state index in [-0.39, 0.29) is 31.9 Å². The van der Waals surface area contributed by atoms with Crippen LogP contribution in [0.5, 0.6) is 11.5 Å². The number of para-hydroxylation sites is 1. The molecule has 5 aromatic carbocycles. The molecule has 9 aromatic rings. The van der Waals surface area contributed by atoms with Gasteiger partial charge < -0.3 is 13.7 Å². The van der Waals surface area contributed by atoms with Crippen LogP contribution in [0.25, 0.3) is 66.2 Å². The van der Waals surface area contributed by atoms with Crippen molar-refractivity contribution in [2.45, 2.75) is 66.2 Å². The molecule has 0 fully saturated rings. The standard InChI is InChI=1S/C48H42N4O.Pt/c1-29-14-13-15-30(2)45(29)43-28-50-46-37-24-31(19-21-33(37)36-26-38(47(3,4)5)39(48(6,7)8)27-42(36)52(43)46)53-32-20-22-35-34-16-9-10-17-40(34)51(41(35)25-32)44-18-11-12-23-49-44;/h9-23,26-28H,1-8H3;/q-2;+2. The van der Waals surface area contributed by atoms with Crippen LogP contribution in [0.1, 0.15) is 63.8 Å². The zero-order valence-corrected chi connectivity index (χ0v) is 34.2. The largest absolute Gasteiger partial charge is 2.00 e. The molecule has 0 aliphatic carbocycles. The summed E-state index contributed by atoms with van der Waals surface area (Å²) in [4.78, 5) is 9.82. The number of hydrogen-bond acceptors (Lipinski definition) is 3. The number of rotatable bonds is 4. The smallest absolute Gasteiger partial charge is 0.503 e. The van der Waals surface area contributed by atoms with Crippen molar-refractivity contribution in [1.82, 2.24) is 18.9 Å². The molecule has 0 aliphatic heterocycles. The summed E-state index contributed by atoms with van der Waals surface area (Å²) in [6.07, 6.45) is 3.85. The summed E-state index contributed by atoms with van der Waals surface area (Å²) >= 11 is 0. The van der Waals surface area contributed by atoms with E-state index in [2.05, 4.69) is 148 Å². The monoisotopic (exact) mass is 885 g/mol. The Hall–Kier alpha value is -5.25. The van der Waals surface area contributed by atoms with Crippen molar-refractivity contribution in [2.75, 3.05) is 0 Å². The summed E-state index contributed by atoms with van der Waals surface area (Å²) in [7, 11) is 0. The van der Waals surface area contributed by atoms with Crippen LogP contribution in [0, 0.1) is 26.0 Å². The molecule has 0 atom stereocenters. The van der Waals surface area contributed by atoms with Crippen molar-refractivity contribution in [1.29, 1.82) is 0 Å². The third-order valence-electron chi connectivity index (χ3n) is 10.6. The second-order valence-corrected chi connectivity index (χ2v) is 16.3. The molecule has 0 amide bonds. The first-order valence-electron chi connectivity index (χ1n) is 18.3. The van der Waals surface area contributed by atoms with Crippen molar-refractivity contribution in [3.8, 4) is 28.6 Å². The molecule has 54 heavy (non-hydrogen) atoms. The minimum absolute atomic E-state index is 0. The number of aromatic nitrogens is 4. The number of fused-ring (bicyclic) bond motifs is 9.